The van der Waals surface area contributed by atoms with E-state index in [1.807, 2.05) is 85.0 Å². The van der Waals surface area contributed by atoms with Crippen molar-refractivity contribution >= 4 is 20.0 Å². The van der Waals surface area contributed by atoms with Crippen molar-refractivity contribution in [2.75, 3.05) is 12.3 Å². The predicted octanol–water partition coefficient (Wildman–Crippen LogP) is 7.38. The molecule has 2 heterocycles. The van der Waals surface area contributed by atoms with Gasteiger partial charge in [-0.2, -0.15) is 0 Å². The van der Waals surface area contributed by atoms with Crippen LogP contribution in [0.5, 0.6) is 11.5 Å². The summed E-state index contributed by atoms with van der Waals surface area (Å²) in [5.41, 5.74) is 2.90. The molecular formula is C28H26O4P2. The lowest BCUT2D eigenvalue weighted by molar-refractivity contribution is 0.447. The van der Waals surface area contributed by atoms with E-state index >= 15 is 0 Å². The summed E-state index contributed by atoms with van der Waals surface area (Å²) in [5.74, 6) is 1.47. The zero-order chi connectivity index (χ0) is 23.2. The van der Waals surface area contributed by atoms with E-state index in [4.69, 9.17) is 9.05 Å². The highest BCUT2D eigenvalue weighted by Crippen LogP contribution is 2.63. The summed E-state index contributed by atoms with van der Waals surface area (Å²) in [4.78, 5) is 0. The SMILES string of the molecule is O=P1(CCCCP2(=O)Oc3ccccc3C3C=CC=CC32)Oc2ccccc2-c2ccccc21. The molecule has 0 bridgehead atoms. The molecule has 3 aromatic rings. The van der Waals surface area contributed by atoms with Crippen LogP contribution in [0.1, 0.15) is 24.3 Å². The van der Waals surface area contributed by atoms with Gasteiger partial charge in [-0.25, -0.2) is 0 Å². The number of hydrogen-bond acceptors (Lipinski definition) is 4. The standard InChI is InChI=1S/C28H26O4P2/c29-33(27-17-7-3-13-23(27)21-11-1-5-15-25(21)31-33)19-9-10-20-34(30)28-18-8-4-14-24(28)22-12-2-6-16-26(22)32-34/h1-8,11-18,23,27H,9-10,19-20H2. The summed E-state index contributed by atoms with van der Waals surface area (Å²) in [6.07, 6.45) is 10.3. The summed E-state index contributed by atoms with van der Waals surface area (Å²) in [7, 11) is -6.02. The maximum absolute atomic E-state index is 14.0. The van der Waals surface area contributed by atoms with Gasteiger partial charge in [0.25, 0.3) is 14.7 Å². The lowest BCUT2D eigenvalue weighted by Gasteiger charge is -2.38. The molecule has 1 aliphatic carbocycles. The number of unbranched alkanes of at least 4 members (excludes halogenated alkanes) is 1. The monoisotopic (exact) mass is 488 g/mol. The van der Waals surface area contributed by atoms with Gasteiger partial charge in [0.1, 0.15) is 11.5 Å². The highest BCUT2D eigenvalue weighted by molar-refractivity contribution is 7.67. The van der Waals surface area contributed by atoms with Crippen LogP contribution in [0.25, 0.3) is 11.1 Å². The van der Waals surface area contributed by atoms with Gasteiger partial charge in [0.05, 0.1) is 11.0 Å². The van der Waals surface area contributed by atoms with Gasteiger partial charge in [0, 0.05) is 29.4 Å². The van der Waals surface area contributed by atoms with Crippen LogP contribution >= 0.6 is 14.7 Å². The number of para-hydroxylation sites is 2. The Kier molecular flexibility index (Phi) is 5.40. The van der Waals surface area contributed by atoms with Crippen molar-refractivity contribution in [3.8, 4) is 22.6 Å². The molecule has 0 amide bonds. The smallest absolute Gasteiger partial charge is 0.277 e. The maximum atomic E-state index is 14.0. The summed E-state index contributed by atoms with van der Waals surface area (Å²) in [6, 6.07) is 23.5. The first-order valence-corrected chi connectivity index (χ1v) is 15.5. The lowest BCUT2D eigenvalue weighted by atomic mass is 9.91. The minimum Gasteiger partial charge on any atom is -0.442 e. The van der Waals surface area contributed by atoms with Gasteiger partial charge in [-0.15, -0.1) is 0 Å². The molecule has 3 aromatic carbocycles. The van der Waals surface area contributed by atoms with Crippen LogP contribution in [0.2, 0.25) is 0 Å². The Morgan fingerprint density at radius 1 is 0.676 bits per heavy atom. The molecule has 0 aromatic heterocycles. The average Bonchev–Trinajstić information content (AvgIpc) is 2.87. The molecule has 0 spiro atoms. The van der Waals surface area contributed by atoms with Gasteiger partial charge < -0.3 is 9.05 Å². The first kappa shape index (κ1) is 21.7. The molecule has 4 nitrogen and oxygen atoms in total. The Hall–Kier alpha value is -2.80. The van der Waals surface area contributed by atoms with Gasteiger partial charge in [-0.1, -0.05) is 78.9 Å². The first-order chi connectivity index (χ1) is 16.6. The highest BCUT2D eigenvalue weighted by atomic mass is 31.2. The minimum atomic E-state index is -3.07. The molecule has 172 valence electrons. The fraction of sp³-hybridized carbons (Fsp3) is 0.214. The molecule has 0 N–H and O–H groups in total. The second-order valence-electron chi connectivity index (χ2n) is 9.07. The fourth-order valence-corrected chi connectivity index (χ4v) is 10.5. The number of allylic oxidation sites excluding steroid dienone is 4. The van der Waals surface area contributed by atoms with Crippen molar-refractivity contribution in [3.63, 3.8) is 0 Å². The van der Waals surface area contributed by atoms with Crippen LogP contribution in [-0.2, 0) is 9.13 Å². The van der Waals surface area contributed by atoms with Gasteiger partial charge in [-0.3, -0.25) is 9.13 Å². The van der Waals surface area contributed by atoms with Crippen molar-refractivity contribution < 1.29 is 18.2 Å². The quantitative estimate of drug-likeness (QED) is 0.278. The van der Waals surface area contributed by atoms with E-state index in [0.717, 1.165) is 27.7 Å². The number of benzene rings is 3. The van der Waals surface area contributed by atoms with Crippen LogP contribution in [0.15, 0.2) is 97.1 Å². The molecular weight excluding hydrogens is 462 g/mol. The Labute approximate surface area is 200 Å². The molecule has 6 heteroatoms. The third kappa shape index (κ3) is 3.61. The molecule has 0 saturated carbocycles. The maximum Gasteiger partial charge on any atom is 0.277 e. The Balaban J connectivity index is 1.20. The van der Waals surface area contributed by atoms with Crippen molar-refractivity contribution in [2.45, 2.75) is 24.4 Å². The molecule has 0 fully saturated rings. The third-order valence-corrected chi connectivity index (χ3v) is 12.3. The predicted molar refractivity (Wildman–Crippen MR) is 138 cm³/mol. The van der Waals surface area contributed by atoms with Crippen molar-refractivity contribution in [1.82, 2.24) is 0 Å². The number of fused-ring (bicyclic) bond motifs is 6. The number of hydrogen-bond donors (Lipinski definition) is 0. The average molecular weight is 488 g/mol. The van der Waals surface area contributed by atoms with E-state index in [0.29, 0.717) is 30.9 Å². The molecule has 4 unspecified atom stereocenters. The summed E-state index contributed by atoms with van der Waals surface area (Å²) in [6.45, 7) is 0. The van der Waals surface area contributed by atoms with E-state index in [1.54, 1.807) is 0 Å². The summed E-state index contributed by atoms with van der Waals surface area (Å²) >= 11 is 0. The molecule has 0 radical (unpaired) electrons. The van der Waals surface area contributed by atoms with Crippen molar-refractivity contribution in [1.29, 1.82) is 0 Å². The van der Waals surface area contributed by atoms with E-state index in [9.17, 15) is 9.13 Å². The molecule has 4 atom stereocenters. The zero-order valence-electron chi connectivity index (χ0n) is 18.7. The topological polar surface area (TPSA) is 52.6 Å². The fourth-order valence-electron chi connectivity index (χ4n) is 5.31. The Morgan fingerprint density at radius 2 is 1.35 bits per heavy atom. The van der Waals surface area contributed by atoms with Crippen molar-refractivity contribution in [3.05, 3.63) is 103 Å². The second kappa shape index (κ2) is 8.45. The second-order valence-corrected chi connectivity index (χ2v) is 14.2. The molecule has 0 saturated heterocycles. The van der Waals surface area contributed by atoms with Crippen LogP contribution in [0.4, 0.5) is 0 Å². The minimum absolute atomic E-state index is 0.0733. The normalized spacial score (nSPS) is 28.0. The van der Waals surface area contributed by atoms with E-state index in [-0.39, 0.29) is 11.6 Å². The summed E-state index contributed by atoms with van der Waals surface area (Å²) < 4.78 is 40.4. The molecule has 2 aliphatic heterocycles. The van der Waals surface area contributed by atoms with Crippen LogP contribution in [-0.4, -0.2) is 18.0 Å². The molecule has 3 aliphatic rings. The summed E-state index contributed by atoms with van der Waals surface area (Å²) in [5, 5.41) is 0.781. The van der Waals surface area contributed by atoms with Crippen LogP contribution < -0.4 is 14.4 Å². The molecule has 6 rings (SSSR count). The van der Waals surface area contributed by atoms with E-state index in [1.165, 1.54) is 0 Å². The number of rotatable bonds is 5. The van der Waals surface area contributed by atoms with Gasteiger partial charge in [0.15, 0.2) is 0 Å². The first-order valence-electron chi connectivity index (χ1n) is 11.8. The van der Waals surface area contributed by atoms with Gasteiger partial charge >= 0.3 is 0 Å². The zero-order valence-corrected chi connectivity index (χ0v) is 20.5. The lowest BCUT2D eigenvalue weighted by Crippen LogP contribution is -2.26. The van der Waals surface area contributed by atoms with Crippen molar-refractivity contribution in [2.24, 2.45) is 0 Å². The highest BCUT2D eigenvalue weighted by Gasteiger charge is 2.44. The van der Waals surface area contributed by atoms with Crippen LogP contribution in [0, 0.1) is 0 Å². The van der Waals surface area contributed by atoms with E-state index in [2.05, 4.69) is 12.1 Å². The molecule has 34 heavy (non-hydrogen) atoms. The van der Waals surface area contributed by atoms with Crippen LogP contribution in [0.3, 0.4) is 0 Å². The van der Waals surface area contributed by atoms with Gasteiger partial charge in [-0.05, 0) is 36.6 Å². The Morgan fingerprint density at radius 3 is 2.24 bits per heavy atom. The Bertz CT molecular complexity index is 1410. The van der Waals surface area contributed by atoms with Gasteiger partial charge in [0.2, 0.25) is 0 Å². The largest absolute Gasteiger partial charge is 0.442 e. The third-order valence-electron chi connectivity index (χ3n) is 6.96. The van der Waals surface area contributed by atoms with E-state index < -0.39 is 14.7 Å².